The van der Waals surface area contributed by atoms with Gasteiger partial charge in [-0.2, -0.15) is 0 Å². The molecular formula is C16H25NO2. The molecule has 0 spiro atoms. The van der Waals surface area contributed by atoms with Gasteiger partial charge in [0.25, 0.3) is 0 Å². The molecule has 0 aliphatic heterocycles. The molecule has 2 atom stereocenters. The van der Waals surface area contributed by atoms with Crippen molar-refractivity contribution in [1.82, 2.24) is 5.32 Å². The van der Waals surface area contributed by atoms with Gasteiger partial charge in [-0.15, -0.1) is 0 Å². The van der Waals surface area contributed by atoms with E-state index in [2.05, 4.69) is 5.32 Å². The van der Waals surface area contributed by atoms with Crippen LogP contribution in [0.25, 0.3) is 0 Å². The third kappa shape index (κ3) is 3.87. The third-order valence-corrected chi connectivity index (χ3v) is 3.92. The van der Waals surface area contributed by atoms with E-state index >= 15 is 0 Å². The first kappa shape index (κ1) is 14.2. The second-order valence-electron chi connectivity index (χ2n) is 5.19. The molecule has 1 saturated carbocycles. The number of ether oxygens (including phenoxy) is 2. The number of benzene rings is 1. The summed E-state index contributed by atoms with van der Waals surface area (Å²) in [6, 6.07) is 8.34. The molecule has 2 rings (SSSR count). The minimum atomic E-state index is 0.238. The fourth-order valence-electron chi connectivity index (χ4n) is 2.80. The lowest BCUT2D eigenvalue weighted by Crippen LogP contribution is -2.41. The van der Waals surface area contributed by atoms with Crippen LogP contribution in [0.4, 0.5) is 0 Å². The Hall–Kier alpha value is -1.22. The van der Waals surface area contributed by atoms with E-state index in [0.29, 0.717) is 6.04 Å². The maximum Gasteiger partial charge on any atom is 0.161 e. The van der Waals surface area contributed by atoms with Gasteiger partial charge in [0.05, 0.1) is 7.11 Å². The van der Waals surface area contributed by atoms with Crippen LogP contribution in [0.3, 0.4) is 0 Å². The molecule has 19 heavy (non-hydrogen) atoms. The Labute approximate surface area is 116 Å². The number of para-hydroxylation sites is 2. The van der Waals surface area contributed by atoms with E-state index < -0.39 is 0 Å². The highest BCUT2D eigenvalue weighted by atomic mass is 16.5. The van der Waals surface area contributed by atoms with Gasteiger partial charge in [-0.25, -0.2) is 0 Å². The Morgan fingerprint density at radius 3 is 2.37 bits per heavy atom. The molecule has 0 aromatic heterocycles. The molecule has 1 N–H and O–H groups in total. The van der Waals surface area contributed by atoms with Gasteiger partial charge < -0.3 is 14.8 Å². The molecule has 2 unspecified atom stereocenters. The molecule has 1 aliphatic rings. The quantitative estimate of drug-likeness (QED) is 0.903. The summed E-state index contributed by atoms with van der Waals surface area (Å²) in [5, 5.41) is 3.41. The molecule has 1 fully saturated rings. The van der Waals surface area contributed by atoms with Crippen LogP contribution in [0.1, 0.15) is 38.5 Å². The highest BCUT2D eigenvalue weighted by Crippen LogP contribution is 2.30. The second-order valence-corrected chi connectivity index (χ2v) is 5.19. The normalized spacial score (nSPS) is 24.3. The first-order valence-electron chi connectivity index (χ1n) is 7.32. The van der Waals surface area contributed by atoms with Gasteiger partial charge in [0.2, 0.25) is 0 Å². The van der Waals surface area contributed by atoms with Crippen molar-refractivity contribution >= 4 is 0 Å². The van der Waals surface area contributed by atoms with Gasteiger partial charge in [0, 0.05) is 6.04 Å². The average Bonchev–Trinajstić information content (AvgIpc) is 2.43. The molecule has 1 aliphatic carbocycles. The number of hydrogen-bond acceptors (Lipinski definition) is 3. The van der Waals surface area contributed by atoms with Crippen LogP contribution in [0.5, 0.6) is 11.5 Å². The van der Waals surface area contributed by atoms with E-state index in [4.69, 9.17) is 9.47 Å². The van der Waals surface area contributed by atoms with Gasteiger partial charge in [-0.1, -0.05) is 31.4 Å². The molecular weight excluding hydrogens is 238 g/mol. The van der Waals surface area contributed by atoms with Crippen molar-refractivity contribution in [1.29, 1.82) is 0 Å². The minimum Gasteiger partial charge on any atom is -0.493 e. The lowest BCUT2D eigenvalue weighted by Gasteiger charge is -2.30. The molecule has 0 radical (unpaired) electrons. The zero-order chi connectivity index (χ0) is 13.5. The number of rotatable bonds is 4. The van der Waals surface area contributed by atoms with E-state index in [1.165, 1.54) is 32.1 Å². The number of methoxy groups -OCH3 is 1. The summed E-state index contributed by atoms with van der Waals surface area (Å²) < 4.78 is 11.6. The highest BCUT2D eigenvalue weighted by molar-refractivity contribution is 5.39. The van der Waals surface area contributed by atoms with Gasteiger partial charge >= 0.3 is 0 Å². The molecule has 3 nitrogen and oxygen atoms in total. The van der Waals surface area contributed by atoms with Crippen LogP contribution < -0.4 is 14.8 Å². The predicted octanol–water partition coefficient (Wildman–Crippen LogP) is 3.38. The van der Waals surface area contributed by atoms with E-state index in [1.54, 1.807) is 7.11 Å². The topological polar surface area (TPSA) is 30.5 Å². The summed E-state index contributed by atoms with van der Waals surface area (Å²) in [4.78, 5) is 0. The molecule has 3 heteroatoms. The number of likely N-dealkylation sites (N-methyl/N-ethyl adjacent to an activating group) is 1. The van der Waals surface area contributed by atoms with Gasteiger partial charge in [-0.05, 0) is 38.4 Å². The summed E-state index contributed by atoms with van der Waals surface area (Å²) in [6.07, 6.45) is 7.75. The van der Waals surface area contributed by atoms with Crippen molar-refractivity contribution in [2.24, 2.45) is 0 Å². The predicted molar refractivity (Wildman–Crippen MR) is 78.0 cm³/mol. The largest absolute Gasteiger partial charge is 0.493 e. The number of hydrogen-bond donors (Lipinski definition) is 1. The maximum absolute atomic E-state index is 6.23. The van der Waals surface area contributed by atoms with Crippen LogP contribution in [-0.4, -0.2) is 26.3 Å². The summed E-state index contributed by atoms with van der Waals surface area (Å²) in [5.41, 5.74) is 0. The minimum absolute atomic E-state index is 0.238. The monoisotopic (exact) mass is 263 g/mol. The summed E-state index contributed by atoms with van der Waals surface area (Å²) in [5.74, 6) is 1.68. The smallest absolute Gasteiger partial charge is 0.161 e. The van der Waals surface area contributed by atoms with Crippen molar-refractivity contribution in [2.75, 3.05) is 14.2 Å². The van der Waals surface area contributed by atoms with Crippen molar-refractivity contribution < 1.29 is 9.47 Å². The second kappa shape index (κ2) is 7.39. The molecule has 0 heterocycles. The molecule has 1 aromatic rings. The fourth-order valence-corrected chi connectivity index (χ4v) is 2.80. The van der Waals surface area contributed by atoms with E-state index in [1.807, 2.05) is 31.3 Å². The number of nitrogens with one attached hydrogen (secondary N) is 1. The maximum atomic E-state index is 6.23. The zero-order valence-corrected chi connectivity index (χ0v) is 12.0. The van der Waals surface area contributed by atoms with Gasteiger partial charge in [0.15, 0.2) is 11.5 Å². The Kier molecular flexibility index (Phi) is 5.52. The molecule has 0 bridgehead atoms. The SMILES string of the molecule is CNC1CCCCCCC1Oc1ccccc1OC. The standard InChI is InChI=1S/C16H25NO2/c1-17-13-9-5-3-4-6-10-14(13)19-16-12-8-7-11-15(16)18-2/h7-8,11-14,17H,3-6,9-10H2,1-2H3. The summed E-state index contributed by atoms with van der Waals surface area (Å²) in [7, 11) is 3.72. The molecule has 0 amide bonds. The first-order chi connectivity index (χ1) is 9.35. The molecule has 106 valence electrons. The highest BCUT2D eigenvalue weighted by Gasteiger charge is 2.23. The molecule has 1 aromatic carbocycles. The van der Waals surface area contributed by atoms with Crippen molar-refractivity contribution in [3.63, 3.8) is 0 Å². The van der Waals surface area contributed by atoms with E-state index in [0.717, 1.165) is 17.9 Å². The average molecular weight is 263 g/mol. The van der Waals surface area contributed by atoms with Crippen LogP contribution in [0.2, 0.25) is 0 Å². The Balaban J connectivity index is 2.08. The van der Waals surface area contributed by atoms with E-state index in [-0.39, 0.29) is 6.10 Å². The molecule has 0 saturated heterocycles. The Morgan fingerprint density at radius 1 is 1.00 bits per heavy atom. The fraction of sp³-hybridized carbons (Fsp3) is 0.625. The lowest BCUT2D eigenvalue weighted by molar-refractivity contribution is 0.127. The van der Waals surface area contributed by atoms with Gasteiger partial charge in [-0.3, -0.25) is 0 Å². The first-order valence-corrected chi connectivity index (χ1v) is 7.32. The Morgan fingerprint density at radius 2 is 1.68 bits per heavy atom. The van der Waals surface area contributed by atoms with Crippen molar-refractivity contribution in [3.8, 4) is 11.5 Å². The zero-order valence-electron chi connectivity index (χ0n) is 12.0. The van der Waals surface area contributed by atoms with Crippen molar-refractivity contribution in [3.05, 3.63) is 24.3 Å². The summed E-state index contributed by atoms with van der Waals surface area (Å²) >= 11 is 0. The van der Waals surface area contributed by atoms with Crippen molar-refractivity contribution in [2.45, 2.75) is 50.7 Å². The van der Waals surface area contributed by atoms with Crippen LogP contribution in [0.15, 0.2) is 24.3 Å². The lowest BCUT2D eigenvalue weighted by atomic mass is 9.94. The Bertz CT molecular complexity index is 381. The van der Waals surface area contributed by atoms with E-state index in [9.17, 15) is 0 Å². The van der Waals surface area contributed by atoms with Gasteiger partial charge in [0.1, 0.15) is 6.10 Å². The van der Waals surface area contributed by atoms with Crippen LogP contribution in [-0.2, 0) is 0 Å². The van der Waals surface area contributed by atoms with Crippen LogP contribution >= 0.6 is 0 Å². The summed E-state index contributed by atoms with van der Waals surface area (Å²) in [6.45, 7) is 0. The third-order valence-electron chi connectivity index (χ3n) is 3.92. The van der Waals surface area contributed by atoms with Crippen LogP contribution in [0, 0.1) is 0 Å².